The number of nitrogens with one attached hydrogen (secondary N) is 3. The highest BCUT2D eigenvalue weighted by atomic mass is 16.1. The van der Waals surface area contributed by atoms with Gasteiger partial charge in [0.05, 0.1) is 0 Å². The van der Waals surface area contributed by atoms with Gasteiger partial charge in [-0.2, -0.15) is 0 Å². The molecule has 5 heteroatoms. The molecule has 0 aliphatic heterocycles. The minimum absolute atomic E-state index is 0.0229. The van der Waals surface area contributed by atoms with Crippen molar-refractivity contribution in [3.05, 3.63) is 42.5 Å². The normalized spacial score (nSPS) is 15.0. The number of hydrogen-bond donors (Lipinski definition) is 3. The van der Waals surface area contributed by atoms with Gasteiger partial charge in [-0.15, -0.1) is 0 Å². The van der Waals surface area contributed by atoms with Crippen LogP contribution >= 0.6 is 0 Å². The van der Waals surface area contributed by atoms with Gasteiger partial charge in [0, 0.05) is 35.6 Å². The number of hydrogen-bond acceptors (Lipinski definition) is 2. The van der Waals surface area contributed by atoms with Crippen LogP contribution in [0.5, 0.6) is 0 Å². The summed E-state index contributed by atoms with van der Waals surface area (Å²) in [7, 11) is 0. The molecule has 3 aromatic heterocycles. The standard InChI is InChI=1S/C16H16N4O/c21-16(20-11-2-1-3-11)14-8-10(9-19-14)12-4-6-17-15-13(12)5-7-18-15/h4-9,11,19H,1-3H2,(H,17,18)(H,20,21). The zero-order valence-corrected chi connectivity index (χ0v) is 11.5. The molecule has 0 spiro atoms. The molecule has 1 aliphatic carbocycles. The molecule has 1 amide bonds. The first-order chi connectivity index (χ1) is 10.3. The number of fused-ring (bicyclic) bond motifs is 1. The third-order valence-electron chi connectivity index (χ3n) is 4.14. The van der Waals surface area contributed by atoms with Crippen molar-refractivity contribution >= 4 is 16.9 Å². The SMILES string of the molecule is O=C(NC1CCC1)c1cc(-c2ccnc3[nH]ccc23)c[nH]1. The molecule has 3 heterocycles. The second kappa shape index (κ2) is 4.77. The van der Waals surface area contributed by atoms with Crippen molar-refractivity contribution in [2.45, 2.75) is 25.3 Å². The monoisotopic (exact) mass is 280 g/mol. The van der Waals surface area contributed by atoms with E-state index >= 15 is 0 Å². The lowest BCUT2D eigenvalue weighted by Gasteiger charge is -2.25. The zero-order chi connectivity index (χ0) is 14.2. The van der Waals surface area contributed by atoms with Crippen LogP contribution in [0.4, 0.5) is 0 Å². The molecule has 0 aromatic carbocycles. The van der Waals surface area contributed by atoms with Gasteiger partial charge in [-0.3, -0.25) is 4.79 Å². The molecule has 0 radical (unpaired) electrons. The van der Waals surface area contributed by atoms with Gasteiger partial charge < -0.3 is 15.3 Å². The Bertz CT molecular complexity index is 797. The van der Waals surface area contributed by atoms with E-state index in [0.717, 1.165) is 35.0 Å². The number of H-pyrrole nitrogens is 2. The molecule has 0 bridgehead atoms. The summed E-state index contributed by atoms with van der Waals surface area (Å²) < 4.78 is 0. The van der Waals surface area contributed by atoms with E-state index in [2.05, 4.69) is 20.3 Å². The molecule has 5 nitrogen and oxygen atoms in total. The Balaban J connectivity index is 1.64. The fourth-order valence-electron chi connectivity index (χ4n) is 2.71. The van der Waals surface area contributed by atoms with Crippen molar-refractivity contribution in [3.63, 3.8) is 0 Å². The fourth-order valence-corrected chi connectivity index (χ4v) is 2.71. The molecule has 0 unspecified atom stereocenters. The van der Waals surface area contributed by atoms with Crippen LogP contribution in [0.25, 0.3) is 22.2 Å². The predicted octanol–water partition coefficient (Wildman–Crippen LogP) is 2.84. The third-order valence-corrected chi connectivity index (χ3v) is 4.14. The van der Waals surface area contributed by atoms with Crippen LogP contribution in [-0.4, -0.2) is 26.9 Å². The summed E-state index contributed by atoms with van der Waals surface area (Å²) in [6.45, 7) is 0. The maximum Gasteiger partial charge on any atom is 0.267 e. The Morgan fingerprint density at radius 3 is 3.00 bits per heavy atom. The lowest BCUT2D eigenvalue weighted by atomic mass is 9.93. The number of amides is 1. The van der Waals surface area contributed by atoms with Crippen molar-refractivity contribution in [3.8, 4) is 11.1 Å². The van der Waals surface area contributed by atoms with Crippen LogP contribution in [0.3, 0.4) is 0 Å². The smallest absolute Gasteiger partial charge is 0.267 e. The summed E-state index contributed by atoms with van der Waals surface area (Å²) in [4.78, 5) is 22.6. The molecule has 0 atom stereocenters. The lowest BCUT2D eigenvalue weighted by Crippen LogP contribution is -2.39. The molecular formula is C16H16N4O. The van der Waals surface area contributed by atoms with E-state index in [0.29, 0.717) is 11.7 Å². The number of nitrogens with zero attached hydrogens (tertiary/aromatic N) is 1. The van der Waals surface area contributed by atoms with Gasteiger partial charge in [0.2, 0.25) is 0 Å². The van der Waals surface area contributed by atoms with Gasteiger partial charge in [0.1, 0.15) is 11.3 Å². The highest BCUT2D eigenvalue weighted by Gasteiger charge is 2.21. The molecule has 0 saturated heterocycles. The maximum absolute atomic E-state index is 12.1. The predicted molar refractivity (Wildman–Crippen MR) is 81.0 cm³/mol. The van der Waals surface area contributed by atoms with Crippen LogP contribution in [-0.2, 0) is 0 Å². The van der Waals surface area contributed by atoms with Crippen molar-refractivity contribution in [2.75, 3.05) is 0 Å². The van der Waals surface area contributed by atoms with Crippen LogP contribution in [0.15, 0.2) is 36.8 Å². The summed E-state index contributed by atoms with van der Waals surface area (Å²) in [5, 5.41) is 4.10. The van der Waals surface area contributed by atoms with Gasteiger partial charge in [-0.1, -0.05) is 0 Å². The van der Waals surface area contributed by atoms with Gasteiger partial charge in [0.25, 0.3) is 5.91 Å². The first kappa shape index (κ1) is 12.2. The number of aromatic nitrogens is 3. The number of carbonyl (C=O) groups is 1. The van der Waals surface area contributed by atoms with Crippen LogP contribution in [0.2, 0.25) is 0 Å². The first-order valence-electron chi connectivity index (χ1n) is 7.23. The van der Waals surface area contributed by atoms with E-state index in [-0.39, 0.29) is 5.91 Å². The Hall–Kier alpha value is -2.56. The minimum Gasteiger partial charge on any atom is -0.357 e. The molecule has 106 valence electrons. The number of carbonyl (C=O) groups excluding carboxylic acids is 1. The van der Waals surface area contributed by atoms with E-state index < -0.39 is 0 Å². The highest BCUT2D eigenvalue weighted by Crippen LogP contribution is 2.27. The quantitative estimate of drug-likeness (QED) is 0.690. The highest BCUT2D eigenvalue weighted by molar-refractivity contribution is 5.97. The van der Waals surface area contributed by atoms with Crippen LogP contribution < -0.4 is 5.32 Å². The van der Waals surface area contributed by atoms with Crippen molar-refractivity contribution in [1.29, 1.82) is 0 Å². The van der Waals surface area contributed by atoms with Crippen molar-refractivity contribution in [1.82, 2.24) is 20.3 Å². The summed E-state index contributed by atoms with van der Waals surface area (Å²) >= 11 is 0. The molecule has 1 saturated carbocycles. The fraction of sp³-hybridized carbons (Fsp3) is 0.250. The Morgan fingerprint density at radius 2 is 2.19 bits per heavy atom. The van der Waals surface area contributed by atoms with Crippen molar-refractivity contribution < 1.29 is 4.79 Å². The van der Waals surface area contributed by atoms with E-state index in [1.807, 2.05) is 30.6 Å². The zero-order valence-electron chi connectivity index (χ0n) is 11.5. The lowest BCUT2D eigenvalue weighted by molar-refractivity contribution is 0.0912. The molecule has 4 rings (SSSR count). The molecule has 1 aliphatic rings. The maximum atomic E-state index is 12.1. The van der Waals surface area contributed by atoms with E-state index in [1.165, 1.54) is 6.42 Å². The summed E-state index contributed by atoms with van der Waals surface area (Å²) in [5.41, 5.74) is 3.53. The number of pyridine rings is 1. The summed E-state index contributed by atoms with van der Waals surface area (Å²) in [5.74, 6) is -0.0229. The number of aromatic amines is 2. The average molecular weight is 280 g/mol. The van der Waals surface area contributed by atoms with E-state index in [9.17, 15) is 4.79 Å². The number of rotatable bonds is 3. The van der Waals surface area contributed by atoms with Gasteiger partial charge >= 0.3 is 0 Å². The Morgan fingerprint density at radius 1 is 1.29 bits per heavy atom. The molecule has 3 aromatic rings. The van der Waals surface area contributed by atoms with Gasteiger partial charge in [0.15, 0.2) is 0 Å². The molecular weight excluding hydrogens is 264 g/mol. The Kier molecular flexibility index (Phi) is 2.77. The third kappa shape index (κ3) is 2.11. The second-order valence-electron chi connectivity index (χ2n) is 5.50. The van der Waals surface area contributed by atoms with Crippen LogP contribution in [0, 0.1) is 0 Å². The Labute approximate surface area is 121 Å². The summed E-state index contributed by atoms with van der Waals surface area (Å²) in [6.07, 6.45) is 8.91. The first-order valence-corrected chi connectivity index (χ1v) is 7.23. The van der Waals surface area contributed by atoms with E-state index in [4.69, 9.17) is 0 Å². The topological polar surface area (TPSA) is 73.6 Å². The van der Waals surface area contributed by atoms with Crippen molar-refractivity contribution in [2.24, 2.45) is 0 Å². The molecule has 1 fully saturated rings. The molecule has 3 N–H and O–H groups in total. The minimum atomic E-state index is -0.0229. The van der Waals surface area contributed by atoms with Gasteiger partial charge in [-0.25, -0.2) is 4.98 Å². The van der Waals surface area contributed by atoms with Crippen LogP contribution in [0.1, 0.15) is 29.8 Å². The second-order valence-corrected chi connectivity index (χ2v) is 5.50. The van der Waals surface area contributed by atoms with E-state index in [1.54, 1.807) is 6.20 Å². The largest absolute Gasteiger partial charge is 0.357 e. The average Bonchev–Trinajstić information content (AvgIpc) is 3.10. The molecule has 21 heavy (non-hydrogen) atoms. The van der Waals surface area contributed by atoms with Gasteiger partial charge in [-0.05, 0) is 43.0 Å². The summed E-state index contributed by atoms with van der Waals surface area (Å²) in [6, 6.07) is 6.21.